The Balaban J connectivity index is 1.41. The molecule has 2 unspecified atom stereocenters. The summed E-state index contributed by atoms with van der Waals surface area (Å²) >= 11 is 0. The van der Waals surface area contributed by atoms with E-state index >= 15 is 4.39 Å². The number of ether oxygens (including phenoxy) is 2. The van der Waals surface area contributed by atoms with Crippen molar-refractivity contribution in [3.05, 3.63) is 106 Å². The molecular weight excluding hydrogens is 581 g/mol. The maximum atomic E-state index is 15.2. The van der Waals surface area contributed by atoms with Gasteiger partial charge in [0, 0.05) is 35.9 Å². The molecule has 0 saturated heterocycles. The Morgan fingerprint density at radius 3 is 2.51 bits per heavy atom. The van der Waals surface area contributed by atoms with Gasteiger partial charge in [-0.15, -0.1) is 0 Å². The molecule has 11 nitrogen and oxygen atoms in total. The molecule has 0 aliphatic carbocycles. The number of pyridine rings is 1. The molecule has 4 N–H and O–H groups in total. The number of carboxylic acid groups (broad SMARTS) is 1. The van der Waals surface area contributed by atoms with Crippen LogP contribution in [0.1, 0.15) is 29.4 Å². The highest BCUT2D eigenvalue weighted by molar-refractivity contribution is 6.05. The number of aliphatic carboxylic acids is 1. The van der Waals surface area contributed by atoms with Crippen molar-refractivity contribution in [3.63, 3.8) is 0 Å². The van der Waals surface area contributed by atoms with Crippen LogP contribution in [-0.4, -0.2) is 44.5 Å². The van der Waals surface area contributed by atoms with Gasteiger partial charge in [0.2, 0.25) is 0 Å². The Bertz CT molecular complexity index is 1940. The van der Waals surface area contributed by atoms with E-state index in [-0.39, 0.29) is 35.9 Å². The third-order valence-electron chi connectivity index (χ3n) is 7.40. The first-order valence-electron chi connectivity index (χ1n) is 14.1. The van der Waals surface area contributed by atoms with Crippen LogP contribution in [0.5, 0.6) is 17.2 Å². The van der Waals surface area contributed by atoms with E-state index in [0.717, 1.165) is 6.07 Å². The van der Waals surface area contributed by atoms with E-state index < -0.39 is 29.3 Å². The van der Waals surface area contributed by atoms with E-state index in [9.17, 15) is 19.5 Å². The molecule has 45 heavy (non-hydrogen) atoms. The van der Waals surface area contributed by atoms with Crippen LogP contribution in [0, 0.1) is 18.7 Å². The van der Waals surface area contributed by atoms with Crippen molar-refractivity contribution in [2.24, 2.45) is 11.7 Å². The average Bonchev–Trinajstić information content (AvgIpc) is 3.26. The van der Waals surface area contributed by atoms with Gasteiger partial charge in [0.1, 0.15) is 23.1 Å². The smallest absolute Gasteiger partial charge is 0.320 e. The van der Waals surface area contributed by atoms with E-state index in [1.807, 2.05) is 6.92 Å². The van der Waals surface area contributed by atoms with Crippen molar-refractivity contribution in [1.82, 2.24) is 14.3 Å². The van der Waals surface area contributed by atoms with Crippen LogP contribution in [0.2, 0.25) is 0 Å². The lowest BCUT2D eigenvalue weighted by Crippen LogP contribution is -2.33. The van der Waals surface area contributed by atoms with Crippen LogP contribution in [0.25, 0.3) is 16.6 Å². The average molecular weight is 614 g/mol. The first-order chi connectivity index (χ1) is 21.6. The zero-order valence-corrected chi connectivity index (χ0v) is 24.9. The highest BCUT2D eigenvalue weighted by Gasteiger charge is 2.26. The molecule has 2 aromatic heterocycles. The second kappa shape index (κ2) is 13.0. The number of nitrogens with two attached hydrogens (primary N) is 1. The molecular formula is C33H32FN5O6. The van der Waals surface area contributed by atoms with Crippen LogP contribution in [0.15, 0.2) is 83.8 Å². The van der Waals surface area contributed by atoms with Gasteiger partial charge in [-0.05, 0) is 61.7 Å². The summed E-state index contributed by atoms with van der Waals surface area (Å²) in [6.45, 7) is 3.67. The Labute approximate surface area is 257 Å². The van der Waals surface area contributed by atoms with E-state index in [4.69, 9.17) is 15.2 Å². The number of halogens is 1. The summed E-state index contributed by atoms with van der Waals surface area (Å²) < 4.78 is 29.3. The van der Waals surface area contributed by atoms with Gasteiger partial charge in [-0.2, -0.15) is 0 Å². The Kier molecular flexibility index (Phi) is 8.96. The molecule has 0 aliphatic rings. The second-order valence-corrected chi connectivity index (χ2v) is 10.7. The van der Waals surface area contributed by atoms with Gasteiger partial charge in [-0.3, -0.25) is 24.0 Å². The van der Waals surface area contributed by atoms with Crippen molar-refractivity contribution in [3.8, 4) is 22.9 Å². The number of amides is 1. The number of carboxylic acids is 1. The molecule has 1 amide bonds. The number of methoxy groups -OCH3 is 1. The molecule has 2 atom stereocenters. The summed E-state index contributed by atoms with van der Waals surface area (Å²) in [7, 11) is 1.55. The summed E-state index contributed by atoms with van der Waals surface area (Å²) in [6, 6.07) is 18.5. The summed E-state index contributed by atoms with van der Waals surface area (Å²) in [4.78, 5) is 42.8. The number of fused-ring (bicyclic) bond motifs is 1. The fourth-order valence-electron chi connectivity index (χ4n) is 5.15. The molecule has 0 spiro atoms. The van der Waals surface area contributed by atoms with Crippen molar-refractivity contribution >= 4 is 28.5 Å². The van der Waals surface area contributed by atoms with Gasteiger partial charge in [0.15, 0.2) is 11.6 Å². The first-order valence-corrected chi connectivity index (χ1v) is 14.1. The van der Waals surface area contributed by atoms with Gasteiger partial charge >= 0.3 is 5.97 Å². The molecule has 5 aromatic rings. The fraction of sp³-hybridized carbons (Fsp3) is 0.212. The summed E-state index contributed by atoms with van der Waals surface area (Å²) in [5.74, 6) is -1.88. The summed E-state index contributed by atoms with van der Waals surface area (Å²) in [6.07, 6.45) is 1.70. The van der Waals surface area contributed by atoms with E-state index in [1.54, 1.807) is 79.5 Å². The Hall–Kier alpha value is -5.49. The standard InChI is InChI=1S/C33H32FN5O6/c1-19(15-26(35)33(42)43)18-38-20(2)30(32(41)39(38)22-7-5-4-6-8-22)31(40)37-21-9-12-29(25(34)16-21)45-28-13-14-36-27-17-23(44-3)10-11-24(27)28/h4-14,16-17,19,26H,15,18,35H2,1-3H3,(H,37,40)(H,42,43). The molecule has 12 heteroatoms. The number of benzene rings is 3. The van der Waals surface area contributed by atoms with E-state index in [2.05, 4.69) is 10.3 Å². The lowest BCUT2D eigenvalue weighted by Gasteiger charge is -2.19. The lowest BCUT2D eigenvalue weighted by atomic mass is 10.0. The minimum absolute atomic E-state index is 0.0707. The van der Waals surface area contributed by atoms with Gasteiger partial charge < -0.3 is 25.6 Å². The number of aromatic nitrogens is 3. The number of hydrogen-bond donors (Lipinski definition) is 3. The number of carbonyl (C=O) groups excluding carboxylic acids is 1. The zero-order valence-electron chi connectivity index (χ0n) is 24.9. The molecule has 232 valence electrons. The number of anilines is 1. The maximum absolute atomic E-state index is 15.2. The largest absolute Gasteiger partial charge is 0.497 e. The van der Waals surface area contributed by atoms with Crippen molar-refractivity contribution < 1.29 is 28.6 Å². The molecule has 5 rings (SSSR count). The lowest BCUT2D eigenvalue weighted by molar-refractivity contribution is -0.138. The van der Waals surface area contributed by atoms with E-state index in [1.165, 1.54) is 16.8 Å². The third kappa shape index (κ3) is 6.55. The fourth-order valence-corrected chi connectivity index (χ4v) is 5.15. The van der Waals surface area contributed by atoms with Gasteiger partial charge in [-0.1, -0.05) is 25.1 Å². The topological polar surface area (TPSA) is 151 Å². The van der Waals surface area contributed by atoms with E-state index in [0.29, 0.717) is 33.8 Å². The number of carbonyl (C=O) groups is 2. The molecule has 0 bridgehead atoms. The van der Waals surface area contributed by atoms with Gasteiger partial charge in [0.05, 0.1) is 24.0 Å². The van der Waals surface area contributed by atoms with Crippen molar-refractivity contribution in [2.45, 2.75) is 32.9 Å². The highest BCUT2D eigenvalue weighted by atomic mass is 19.1. The molecule has 0 fully saturated rings. The predicted octanol–water partition coefficient (Wildman–Crippen LogP) is 5.13. The minimum Gasteiger partial charge on any atom is -0.497 e. The highest BCUT2D eigenvalue weighted by Crippen LogP contribution is 2.33. The molecule has 3 aromatic carbocycles. The monoisotopic (exact) mass is 613 g/mol. The third-order valence-corrected chi connectivity index (χ3v) is 7.40. The number of para-hydroxylation sites is 1. The number of nitrogens with one attached hydrogen (secondary N) is 1. The Morgan fingerprint density at radius 2 is 1.82 bits per heavy atom. The first kappa shape index (κ1) is 31.0. The molecule has 0 saturated carbocycles. The van der Waals surface area contributed by atoms with Crippen LogP contribution >= 0.6 is 0 Å². The maximum Gasteiger partial charge on any atom is 0.320 e. The van der Waals surface area contributed by atoms with Crippen LogP contribution in [0.4, 0.5) is 10.1 Å². The van der Waals surface area contributed by atoms with Crippen LogP contribution in [0.3, 0.4) is 0 Å². The Morgan fingerprint density at radius 1 is 1.07 bits per heavy atom. The van der Waals surface area contributed by atoms with Crippen molar-refractivity contribution in [2.75, 3.05) is 12.4 Å². The normalized spacial score (nSPS) is 12.5. The summed E-state index contributed by atoms with van der Waals surface area (Å²) in [5, 5.41) is 12.5. The SMILES string of the molecule is COc1ccc2c(Oc3ccc(NC(=O)c4c(C)n(CC(C)CC(N)C(=O)O)n(-c5ccccc5)c4=O)cc3F)ccnc2c1. The molecule has 0 radical (unpaired) electrons. The molecule has 2 heterocycles. The minimum atomic E-state index is -1.12. The van der Waals surface area contributed by atoms with Crippen molar-refractivity contribution in [1.29, 1.82) is 0 Å². The summed E-state index contributed by atoms with van der Waals surface area (Å²) in [5.41, 5.74) is 6.64. The zero-order chi connectivity index (χ0) is 32.2. The quantitative estimate of drug-likeness (QED) is 0.186. The number of nitrogens with zero attached hydrogens (tertiary/aromatic N) is 3. The predicted molar refractivity (Wildman–Crippen MR) is 167 cm³/mol. The van der Waals surface area contributed by atoms with Crippen LogP contribution in [-0.2, 0) is 11.3 Å². The number of hydrogen-bond acceptors (Lipinski definition) is 7. The second-order valence-electron chi connectivity index (χ2n) is 10.7. The van der Waals surface area contributed by atoms with Gasteiger partial charge in [-0.25, -0.2) is 9.07 Å². The van der Waals surface area contributed by atoms with Crippen LogP contribution < -0.4 is 26.1 Å². The molecule has 0 aliphatic heterocycles. The van der Waals surface area contributed by atoms with Gasteiger partial charge in [0.25, 0.3) is 11.5 Å². The number of rotatable bonds is 11.